The first-order valence-corrected chi connectivity index (χ1v) is 9.76. The number of pyridine rings is 1. The molecule has 0 bridgehead atoms. The summed E-state index contributed by atoms with van der Waals surface area (Å²) in [5, 5.41) is 0.536. The molecule has 0 unspecified atom stereocenters. The van der Waals surface area contributed by atoms with Crippen molar-refractivity contribution in [3.8, 4) is 16.9 Å². The Morgan fingerprint density at radius 1 is 1.28 bits per heavy atom. The second-order valence-corrected chi connectivity index (χ2v) is 7.45. The van der Waals surface area contributed by atoms with Gasteiger partial charge in [0.05, 0.1) is 18.7 Å². The number of methoxy groups -OCH3 is 1. The topological polar surface area (TPSA) is 42.4 Å². The van der Waals surface area contributed by atoms with E-state index >= 15 is 4.39 Å². The Labute approximate surface area is 173 Å². The minimum absolute atomic E-state index is 0.0902. The smallest absolute Gasteiger partial charge is 0.142 e. The van der Waals surface area contributed by atoms with Gasteiger partial charge >= 0.3 is 0 Å². The van der Waals surface area contributed by atoms with Crippen molar-refractivity contribution in [3.05, 3.63) is 76.7 Å². The van der Waals surface area contributed by atoms with Crippen LogP contribution < -0.4 is 9.64 Å². The van der Waals surface area contributed by atoms with Gasteiger partial charge in [-0.2, -0.15) is 0 Å². The number of carbonyl (C=O) groups excluding carboxylic acids is 1. The number of aldehydes is 1. The summed E-state index contributed by atoms with van der Waals surface area (Å²) in [6.07, 6.45) is 3.94. The third kappa shape index (κ3) is 3.83. The van der Waals surface area contributed by atoms with Gasteiger partial charge in [0.15, 0.2) is 0 Å². The molecule has 1 aromatic heterocycles. The third-order valence-corrected chi connectivity index (χ3v) is 5.47. The predicted octanol–water partition coefficient (Wildman–Crippen LogP) is 4.92. The number of halogens is 2. The van der Waals surface area contributed by atoms with Crippen molar-refractivity contribution in [2.75, 3.05) is 18.6 Å². The summed E-state index contributed by atoms with van der Waals surface area (Å²) in [5.74, 6) is 0.894. The summed E-state index contributed by atoms with van der Waals surface area (Å²) in [4.78, 5) is 17.4. The zero-order valence-corrected chi connectivity index (χ0v) is 16.7. The molecule has 0 saturated carbocycles. The lowest BCUT2D eigenvalue weighted by Gasteiger charge is -2.38. The number of anilines is 1. The van der Waals surface area contributed by atoms with Crippen molar-refractivity contribution in [3.63, 3.8) is 0 Å². The van der Waals surface area contributed by atoms with E-state index in [4.69, 9.17) is 16.3 Å². The fourth-order valence-corrected chi connectivity index (χ4v) is 3.76. The van der Waals surface area contributed by atoms with E-state index in [9.17, 15) is 4.79 Å². The van der Waals surface area contributed by atoms with Crippen LogP contribution in [-0.2, 0) is 11.2 Å². The highest BCUT2D eigenvalue weighted by Gasteiger charge is 2.28. The van der Waals surface area contributed by atoms with Crippen LogP contribution in [0.5, 0.6) is 5.75 Å². The highest BCUT2D eigenvalue weighted by atomic mass is 35.5. The number of carbonyl (C=O) groups is 1. The maximum Gasteiger partial charge on any atom is 0.142 e. The minimum atomic E-state index is -0.334. The fourth-order valence-electron chi connectivity index (χ4n) is 3.57. The molecule has 0 amide bonds. The maximum atomic E-state index is 15.4. The van der Waals surface area contributed by atoms with E-state index in [2.05, 4.69) is 4.98 Å². The lowest BCUT2D eigenvalue weighted by molar-refractivity contribution is -0.109. The lowest BCUT2D eigenvalue weighted by atomic mass is 9.97. The zero-order chi connectivity index (χ0) is 20.4. The van der Waals surface area contributed by atoms with Crippen molar-refractivity contribution in [1.82, 2.24) is 4.98 Å². The molecular weight excluding hydrogens is 391 g/mol. The molecule has 6 heteroatoms. The van der Waals surface area contributed by atoms with Gasteiger partial charge in [-0.15, -0.1) is 0 Å². The van der Waals surface area contributed by atoms with Crippen LogP contribution in [0.15, 0.2) is 54.7 Å². The molecule has 1 saturated heterocycles. The number of hydrogen-bond acceptors (Lipinski definition) is 4. The minimum Gasteiger partial charge on any atom is -0.496 e. The number of nitrogens with zero attached hydrogens (tertiary/aromatic N) is 2. The van der Waals surface area contributed by atoms with Crippen LogP contribution in [0.1, 0.15) is 17.5 Å². The molecular formula is C23H20ClFN2O2. The van der Waals surface area contributed by atoms with Gasteiger partial charge in [-0.25, -0.2) is 9.37 Å². The Bertz CT molecular complexity index is 1040. The van der Waals surface area contributed by atoms with Crippen LogP contribution in [0.25, 0.3) is 11.1 Å². The standard InChI is InChI=1S/C23H20ClFN2O2/c1-29-20-7-6-17(23(25)22(20)16-3-2-4-18(24)12-16)11-15-5-8-21(26-13-15)27-10-9-19(27)14-28/h2-8,12-14,19H,9-11H2,1H3/t19-/m0/s1. The predicted molar refractivity (Wildman–Crippen MR) is 112 cm³/mol. The second-order valence-electron chi connectivity index (χ2n) is 7.01. The van der Waals surface area contributed by atoms with Gasteiger partial charge in [0.2, 0.25) is 0 Å². The maximum absolute atomic E-state index is 15.4. The van der Waals surface area contributed by atoms with Crippen molar-refractivity contribution in [1.29, 1.82) is 0 Å². The van der Waals surface area contributed by atoms with E-state index in [1.54, 1.807) is 36.5 Å². The van der Waals surface area contributed by atoms with Crippen molar-refractivity contribution < 1.29 is 13.9 Å². The van der Waals surface area contributed by atoms with Crippen LogP contribution in [0, 0.1) is 5.82 Å². The van der Waals surface area contributed by atoms with E-state index in [1.165, 1.54) is 7.11 Å². The molecule has 0 N–H and O–H groups in total. The molecule has 1 fully saturated rings. The van der Waals surface area contributed by atoms with Crippen LogP contribution >= 0.6 is 11.6 Å². The number of hydrogen-bond donors (Lipinski definition) is 0. The normalized spacial score (nSPS) is 15.7. The third-order valence-electron chi connectivity index (χ3n) is 5.24. The molecule has 148 valence electrons. The van der Waals surface area contributed by atoms with Gasteiger partial charge in [-0.05, 0) is 47.4 Å². The number of benzene rings is 2. The van der Waals surface area contributed by atoms with Crippen molar-refractivity contribution >= 4 is 23.7 Å². The highest BCUT2D eigenvalue weighted by Crippen LogP contribution is 2.36. The fraction of sp³-hybridized carbons (Fsp3) is 0.217. The lowest BCUT2D eigenvalue weighted by Crippen LogP contribution is -2.49. The van der Waals surface area contributed by atoms with Gasteiger partial charge in [0.25, 0.3) is 0 Å². The Morgan fingerprint density at radius 3 is 2.76 bits per heavy atom. The van der Waals surface area contributed by atoms with E-state index in [1.807, 2.05) is 23.1 Å². The summed E-state index contributed by atoms with van der Waals surface area (Å²) in [6.45, 7) is 0.825. The van der Waals surface area contributed by atoms with Crippen LogP contribution in [-0.4, -0.2) is 31.0 Å². The molecule has 2 heterocycles. The quantitative estimate of drug-likeness (QED) is 0.541. The molecule has 0 aliphatic carbocycles. The first kappa shape index (κ1) is 19.4. The first-order chi connectivity index (χ1) is 14.1. The Balaban J connectivity index is 1.62. The van der Waals surface area contributed by atoms with Gasteiger partial charge in [-0.3, -0.25) is 0 Å². The first-order valence-electron chi connectivity index (χ1n) is 9.39. The van der Waals surface area contributed by atoms with Gasteiger partial charge in [0, 0.05) is 24.2 Å². The van der Waals surface area contributed by atoms with Crippen LogP contribution in [0.3, 0.4) is 0 Å². The molecule has 1 atom stereocenters. The largest absolute Gasteiger partial charge is 0.496 e. The molecule has 0 radical (unpaired) electrons. The average Bonchev–Trinajstić information content (AvgIpc) is 2.70. The average molecular weight is 411 g/mol. The molecule has 2 aromatic carbocycles. The van der Waals surface area contributed by atoms with Gasteiger partial charge < -0.3 is 14.4 Å². The molecule has 1 aliphatic heterocycles. The van der Waals surface area contributed by atoms with Crippen LogP contribution in [0.2, 0.25) is 5.02 Å². The number of ether oxygens (including phenoxy) is 1. The molecule has 3 aromatic rings. The van der Waals surface area contributed by atoms with Crippen LogP contribution in [0.4, 0.5) is 10.2 Å². The second kappa shape index (κ2) is 8.21. The summed E-state index contributed by atoms with van der Waals surface area (Å²) in [7, 11) is 1.52. The summed E-state index contributed by atoms with van der Waals surface area (Å²) >= 11 is 6.09. The summed E-state index contributed by atoms with van der Waals surface area (Å²) in [5.41, 5.74) is 2.49. The Kier molecular flexibility index (Phi) is 5.49. The molecule has 4 rings (SSSR count). The van der Waals surface area contributed by atoms with E-state index in [0.717, 1.165) is 30.6 Å². The summed E-state index contributed by atoms with van der Waals surface area (Å²) < 4.78 is 20.8. The number of aromatic nitrogens is 1. The summed E-state index contributed by atoms with van der Waals surface area (Å²) in [6, 6.07) is 14.3. The van der Waals surface area contributed by atoms with E-state index in [-0.39, 0.29) is 11.9 Å². The van der Waals surface area contributed by atoms with Gasteiger partial charge in [0.1, 0.15) is 23.7 Å². The highest BCUT2D eigenvalue weighted by molar-refractivity contribution is 6.30. The number of rotatable bonds is 6. The van der Waals surface area contributed by atoms with E-state index < -0.39 is 0 Å². The Hall–Kier alpha value is -2.92. The monoisotopic (exact) mass is 410 g/mol. The molecule has 29 heavy (non-hydrogen) atoms. The van der Waals surface area contributed by atoms with Gasteiger partial charge in [-0.1, -0.05) is 35.9 Å². The SMILES string of the molecule is COc1ccc(Cc2ccc(N3CC[C@H]3C=O)nc2)c(F)c1-c1cccc(Cl)c1. The zero-order valence-electron chi connectivity index (χ0n) is 15.9. The molecule has 1 aliphatic rings. The Morgan fingerprint density at radius 2 is 2.14 bits per heavy atom. The molecule has 0 spiro atoms. The molecule has 4 nitrogen and oxygen atoms in total. The van der Waals surface area contributed by atoms with Crippen molar-refractivity contribution in [2.24, 2.45) is 0 Å². The van der Waals surface area contributed by atoms with Crippen molar-refractivity contribution in [2.45, 2.75) is 18.9 Å². The van der Waals surface area contributed by atoms with E-state index in [0.29, 0.717) is 33.9 Å².